The number of pyridine rings is 1. The second-order valence-electron chi connectivity index (χ2n) is 4.35. The Hall–Kier alpha value is -0.850. The van der Waals surface area contributed by atoms with Crippen LogP contribution in [0.3, 0.4) is 0 Å². The highest BCUT2D eigenvalue weighted by Gasteiger charge is 2.05. The lowest BCUT2D eigenvalue weighted by Crippen LogP contribution is -2.14. The van der Waals surface area contributed by atoms with Crippen LogP contribution in [0.5, 0.6) is 11.6 Å². The Labute approximate surface area is 137 Å². The average Bonchev–Trinajstić information content (AvgIpc) is 2.42. The third-order valence-electron chi connectivity index (χ3n) is 2.67. The summed E-state index contributed by atoms with van der Waals surface area (Å²) >= 11 is 8.40. The second-order valence-corrected chi connectivity index (χ2v) is 6.00. The van der Waals surface area contributed by atoms with Gasteiger partial charge < -0.3 is 10.1 Å². The number of halogens is 2. The fourth-order valence-electron chi connectivity index (χ4n) is 1.70. The summed E-state index contributed by atoms with van der Waals surface area (Å²) in [6.07, 6.45) is 2.72. The van der Waals surface area contributed by atoms with E-state index < -0.39 is 0 Å². The monoisotopic (exact) mass is 402 g/mol. The van der Waals surface area contributed by atoms with Crippen LogP contribution in [0.4, 0.5) is 0 Å². The van der Waals surface area contributed by atoms with E-state index in [1.165, 1.54) is 0 Å². The first-order chi connectivity index (χ1) is 9.69. The van der Waals surface area contributed by atoms with Crippen molar-refractivity contribution in [2.75, 3.05) is 6.54 Å². The standard InChI is InChI=1S/C15H16ClIN2O/c1-2-6-18-9-11-7-15(19-10-14(11)16)20-13-5-3-4-12(17)8-13/h3-5,7-8,10,18H,2,6,9H2,1H3. The summed E-state index contributed by atoms with van der Waals surface area (Å²) in [6.45, 7) is 3.82. The molecule has 0 saturated heterocycles. The highest BCUT2D eigenvalue weighted by atomic mass is 127. The molecule has 106 valence electrons. The van der Waals surface area contributed by atoms with Gasteiger partial charge in [0.1, 0.15) is 5.75 Å². The van der Waals surface area contributed by atoms with Gasteiger partial charge in [-0.15, -0.1) is 0 Å². The van der Waals surface area contributed by atoms with E-state index in [1.54, 1.807) is 6.20 Å². The first kappa shape index (κ1) is 15.5. The number of ether oxygens (including phenoxy) is 1. The predicted octanol–water partition coefficient (Wildman–Crippen LogP) is 4.63. The van der Waals surface area contributed by atoms with E-state index in [1.807, 2.05) is 30.3 Å². The number of benzene rings is 1. The van der Waals surface area contributed by atoms with Crippen LogP contribution in [0.1, 0.15) is 18.9 Å². The Kier molecular flexibility index (Phi) is 6.06. The Morgan fingerprint density at radius 2 is 2.20 bits per heavy atom. The largest absolute Gasteiger partial charge is 0.439 e. The minimum absolute atomic E-state index is 0.560. The zero-order valence-corrected chi connectivity index (χ0v) is 14.1. The van der Waals surface area contributed by atoms with Gasteiger partial charge in [-0.25, -0.2) is 4.98 Å². The van der Waals surface area contributed by atoms with Crippen LogP contribution < -0.4 is 10.1 Å². The van der Waals surface area contributed by atoms with E-state index >= 15 is 0 Å². The maximum Gasteiger partial charge on any atom is 0.219 e. The molecule has 0 aliphatic carbocycles. The summed E-state index contributed by atoms with van der Waals surface area (Å²) in [6, 6.07) is 9.73. The molecule has 5 heteroatoms. The molecule has 0 amide bonds. The van der Waals surface area contributed by atoms with E-state index in [0.29, 0.717) is 10.9 Å². The zero-order chi connectivity index (χ0) is 14.4. The summed E-state index contributed by atoms with van der Waals surface area (Å²) < 4.78 is 6.88. The van der Waals surface area contributed by atoms with Crippen LogP contribution in [0.25, 0.3) is 0 Å². The molecule has 3 nitrogen and oxygen atoms in total. The maximum absolute atomic E-state index is 6.14. The highest BCUT2D eigenvalue weighted by molar-refractivity contribution is 14.1. The minimum Gasteiger partial charge on any atom is -0.439 e. The first-order valence-electron chi connectivity index (χ1n) is 6.47. The molecule has 0 fully saturated rings. The summed E-state index contributed by atoms with van der Waals surface area (Å²) in [5.74, 6) is 1.34. The molecule has 20 heavy (non-hydrogen) atoms. The number of hydrogen-bond donors (Lipinski definition) is 1. The van der Waals surface area contributed by atoms with Gasteiger partial charge in [-0.2, -0.15) is 0 Å². The van der Waals surface area contributed by atoms with Crippen molar-refractivity contribution in [2.24, 2.45) is 0 Å². The van der Waals surface area contributed by atoms with Gasteiger partial charge in [0.2, 0.25) is 5.88 Å². The molecule has 0 atom stereocenters. The van der Waals surface area contributed by atoms with Crippen LogP contribution in [-0.4, -0.2) is 11.5 Å². The van der Waals surface area contributed by atoms with Crippen molar-refractivity contribution >= 4 is 34.2 Å². The van der Waals surface area contributed by atoms with Crippen LogP contribution >= 0.6 is 34.2 Å². The average molecular weight is 403 g/mol. The Bertz CT molecular complexity index is 578. The maximum atomic E-state index is 6.14. The molecule has 0 spiro atoms. The van der Waals surface area contributed by atoms with Gasteiger partial charge in [-0.3, -0.25) is 0 Å². The summed E-state index contributed by atoms with van der Waals surface area (Å²) in [7, 11) is 0. The molecule has 0 bridgehead atoms. The van der Waals surface area contributed by atoms with Gasteiger partial charge in [-0.1, -0.05) is 24.6 Å². The minimum atomic E-state index is 0.560. The molecular weight excluding hydrogens is 387 g/mol. The Morgan fingerprint density at radius 1 is 1.35 bits per heavy atom. The van der Waals surface area contributed by atoms with Crippen molar-refractivity contribution in [1.29, 1.82) is 0 Å². The normalized spacial score (nSPS) is 10.6. The molecular formula is C15H16ClIN2O. The number of nitrogens with zero attached hydrogens (tertiary/aromatic N) is 1. The van der Waals surface area contributed by atoms with Gasteiger partial charge in [0, 0.05) is 22.4 Å². The molecule has 2 rings (SSSR count). The van der Waals surface area contributed by atoms with Crippen molar-refractivity contribution in [2.45, 2.75) is 19.9 Å². The smallest absolute Gasteiger partial charge is 0.219 e. The van der Waals surface area contributed by atoms with Crippen LogP contribution in [0.2, 0.25) is 5.02 Å². The number of nitrogens with one attached hydrogen (secondary N) is 1. The molecule has 0 aliphatic heterocycles. The van der Waals surface area contributed by atoms with Crippen LogP contribution in [0.15, 0.2) is 36.5 Å². The third kappa shape index (κ3) is 4.61. The van der Waals surface area contributed by atoms with Crippen molar-refractivity contribution in [3.63, 3.8) is 0 Å². The van der Waals surface area contributed by atoms with Crippen LogP contribution in [0, 0.1) is 3.57 Å². The van der Waals surface area contributed by atoms with E-state index in [9.17, 15) is 0 Å². The lowest BCUT2D eigenvalue weighted by atomic mass is 10.2. The molecule has 0 unspecified atom stereocenters. The fraction of sp³-hybridized carbons (Fsp3) is 0.267. The summed E-state index contributed by atoms with van der Waals surface area (Å²) in [5, 5.41) is 3.98. The van der Waals surface area contributed by atoms with E-state index in [-0.39, 0.29) is 0 Å². The second kappa shape index (κ2) is 7.81. The lowest BCUT2D eigenvalue weighted by molar-refractivity contribution is 0.461. The topological polar surface area (TPSA) is 34.1 Å². The Balaban J connectivity index is 2.10. The molecule has 1 aromatic carbocycles. The van der Waals surface area contributed by atoms with Crippen molar-refractivity contribution in [3.8, 4) is 11.6 Å². The summed E-state index contributed by atoms with van der Waals surface area (Å²) in [5.41, 5.74) is 0.996. The van der Waals surface area contributed by atoms with Gasteiger partial charge >= 0.3 is 0 Å². The third-order valence-corrected chi connectivity index (χ3v) is 3.68. The molecule has 0 radical (unpaired) electrons. The quantitative estimate of drug-likeness (QED) is 0.565. The molecule has 0 saturated carbocycles. The first-order valence-corrected chi connectivity index (χ1v) is 7.93. The number of hydrogen-bond acceptors (Lipinski definition) is 3. The number of rotatable bonds is 6. The zero-order valence-electron chi connectivity index (χ0n) is 11.2. The highest BCUT2D eigenvalue weighted by Crippen LogP contribution is 2.24. The Morgan fingerprint density at radius 3 is 2.95 bits per heavy atom. The van der Waals surface area contributed by atoms with Crippen molar-refractivity contribution in [3.05, 3.63) is 50.7 Å². The number of aromatic nitrogens is 1. The lowest BCUT2D eigenvalue weighted by Gasteiger charge is -2.09. The van der Waals surface area contributed by atoms with Gasteiger partial charge in [0.25, 0.3) is 0 Å². The molecule has 1 heterocycles. The fourth-order valence-corrected chi connectivity index (χ4v) is 2.39. The predicted molar refractivity (Wildman–Crippen MR) is 90.5 cm³/mol. The van der Waals surface area contributed by atoms with E-state index in [4.69, 9.17) is 16.3 Å². The van der Waals surface area contributed by atoms with Crippen molar-refractivity contribution in [1.82, 2.24) is 10.3 Å². The van der Waals surface area contributed by atoms with Gasteiger partial charge in [0.15, 0.2) is 0 Å². The molecule has 1 N–H and O–H groups in total. The van der Waals surface area contributed by atoms with Gasteiger partial charge in [0.05, 0.1) is 5.02 Å². The molecule has 0 aliphatic rings. The van der Waals surface area contributed by atoms with Crippen molar-refractivity contribution < 1.29 is 4.74 Å². The summed E-state index contributed by atoms with van der Waals surface area (Å²) in [4.78, 5) is 4.21. The van der Waals surface area contributed by atoms with Gasteiger partial charge in [-0.05, 0) is 59.3 Å². The van der Waals surface area contributed by atoms with E-state index in [0.717, 1.165) is 34.4 Å². The molecule has 1 aromatic heterocycles. The van der Waals surface area contributed by atoms with E-state index in [2.05, 4.69) is 39.8 Å². The SMILES string of the molecule is CCCNCc1cc(Oc2cccc(I)c2)ncc1Cl. The molecule has 2 aromatic rings. The van der Waals surface area contributed by atoms with Crippen LogP contribution in [-0.2, 0) is 6.54 Å².